The van der Waals surface area contributed by atoms with Crippen molar-refractivity contribution in [3.8, 4) is 0 Å². The summed E-state index contributed by atoms with van der Waals surface area (Å²) in [5.41, 5.74) is 6.84. The second-order valence-corrected chi connectivity index (χ2v) is 6.25. The van der Waals surface area contributed by atoms with Crippen molar-refractivity contribution in [3.63, 3.8) is 0 Å². The van der Waals surface area contributed by atoms with E-state index in [1.54, 1.807) is 6.08 Å². The van der Waals surface area contributed by atoms with Gasteiger partial charge in [0.05, 0.1) is 24.9 Å². The van der Waals surface area contributed by atoms with Crippen LogP contribution in [0.15, 0.2) is 42.5 Å². The van der Waals surface area contributed by atoms with E-state index in [0.29, 0.717) is 0 Å². The Morgan fingerprint density at radius 3 is 2.56 bits per heavy atom. The molecule has 1 heterocycles. The fourth-order valence-corrected chi connectivity index (χ4v) is 3.06. The molecule has 3 aromatic rings. The molecule has 3 rings (SSSR count). The molecule has 0 unspecified atom stereocenters. The molecular weight excluding hydrogens is 312 g/mol. The van der Waals surface area contributed by atoms with Gasteiger partial charge in [0.25, 0.3) is 0 Å². The van der Waals surface area contributed by atoms with E-state index in [1.165, 1.54) is 29.9 Å². The normalized spacial score (nSPS) is 11.4. The summed E-state index contributed by atoms with van der Waals surface area (Å²) < 4.78 is 6.69. The monoisotopic (exact) mass is 334 g/mol. The molecule has 4 heteroatoms. The molecule has 0 fully saturated rings. The third kappa shape index (κ3) is 3.48. The Bertz CT molecular complexity index is 947. The maximum Gasteiger partial charge on any atom is 0.330 e. The first-order valence-corrected chi connectivity index (χ1v) is 8.28. The van der Waals surface area contributed by atoms with Gasteiger partial charge in [0.1, 0.15) is 0 Å². The van der Waals surface area contributed by atoms with Crippen molar-refractivity contribution >= 4 is 22.9 Å². The molecule has 2 aromatic carbocycles. The van der Waals surface area contributed by atoms with Gasteiger partial charge in [-0.3, -0.25) is 4.68 Å². The highest BCUT2D eigenvalue weighted by Gasteiger charge is 2.10. The largest absolute Gasteiger partial charge is 0.466 e. The minimum Gasteiger partial charge on any atom is -0.466 e. The van der Waals surface area contributed by atoms with Crippen LogP contribution in [-0.2, 0) is 16.1 Å². The lowest BCUT2D eigenvalue weighted by Crippen LogP contribution is -2.05. The predicted octanol–water partition coefficient (Wildman–Crippen LogP) is 4.20. The summed E-state index contributed by atoms with van der Waals surface area (Å²) in [5, 5.41) is 5.85. The van der Waals surface area contributed by atoms with E-state index in [-0.39, 0.29) is 5.97 Å². The zero-order valence-corrected chi connectivity index (χ0v) is 15.0. The van der Waals surface area contributed by atoms with Crippen LogP contribution in [0.2, 0.25) is 0 Å². The van der Waals surface area contributed by atoms with Crippen LogP contribution in [0.5, 0.6) is 0 Å². The van der Waals surface area contributed by atoms with Gasteiger partial charge >= 0.3 is 5.97 Å². The SMILES string of the molecule is COC(=O)/C=C/c1ccc2c(C)nn(Cc3c(C)cccc3C)c2c1. The highest BCUT2D eigenvalue weighted by atomic mass is 16.5. The summed E-state index contributed by atoms with van der Waals surface area (Å²) in [6, 6.07) is 12.4. The van der Waals surface area contributed by atoms with E-state index in [9.17, 15) is 4.79 Å². The molecule has 0 saturated heterocycles. The molecule has 1 aromatic heterocycles. The number of carbonyl (C=O) groups excluding carboxylic acids is 1. The number of methoxy groups -OCH3 is 1. The van der Waals surface area contributed by atoms with Gasteiger partial charge in [0, 0.05) is 11.5 Å². The van der Waals surface area contributed by atoms with Gasteiger partial charge in [0.15, 0.2) is 0 Å². The van der Waals surface area contributed by atoms with Crippen LogP contribution in [0.4, 0.5) is 0 Å². The molecule has 0 N–H and O–H groups in total. The van der Waals surface area contributed by atoms with E-state index < -0.39 is 0 Å². The predicted molar refractivity (Wildman–Crippen MR) is 101 cm³/mol. The Balaban J connectivity index is 2.03. The Morgan fingerprint density at radius 1 is 1.16 bits per heavy atom. The summed E-state index contributed by atoms with van der Waals surface area (Å²) in [4.78, 5) is 11.3. The highest BCUT2D eigenvalue weighted by Crippen LogP contribution is 2.23. The first kappa shape index (κ1) is 17.0. The first-order chi connectivity index (χ1) is 12.0. The third-order valence-electron chi connectivity index (χ3n) is 4.53. The second kappa shape index (κ2) is 6.93. The summed E-state index contributed by atoms with van der Waals surface area (Å²) >= 11 is 0. The maximum atomic E-state index is 11.3. The number of aromatic nitrogens is 2. The number of nitrogens with zero attached hydrogens (tertiary/aromatic N) is 2. The van der Waals surface area contributed by atoms with Crippen LogP contribution in [0.3, 0.4) is 0 Å². The van der Waals surface area contributed by atoms with E-state index in [0.717, 1.165) is 28.7 Å². The number of hydrogen-bond acceptors (Lipinski definition) is 3. The quantitative estimate of drug-likeness (QED) is 0.531. The number of aryl methyl sites for hydroxylation is 3. The standard InChI is InChI=1S/C21H22N2O2/c1-14-6-5-7-15(2)19(14)13-23-20-12-17(9-11-21(24)25-4)8-10-18(20)16(3)22-23/h5-12H,13H2,1-4H3/b11-9+. The molecule has 0 spiro atoms. The fraction of sp³-hybridized carbons (Fsp3) is 0.238. The topological polar surface area (TPSA) is 44.1 Å². The minimum atomic E-state index is -0.361. The van der Waals surface area contributed by atoms with Crippen LogP contribution in [0.25, 0.3) is 17.0 Å². The maximum absolute atomic E-state index is 11.3. The van der Waals surface area contributed by atoms with Gasteiger partial charge in [-0.2, -0.15) is 5.10 Å². The Labute approximate surface area is 147 Å². The number of carbonyl (C=O) groups is 1. The van der Waals surface area contributed by atoms with E-state index in [4.69, 9.17) is 5.10 Å². The average molecular weight is 334 g/mol. The number of fused-ring (bicyclic) bond motifs is 1. The van der Waals surface area contributed by atoms with Crippen molar-refractivity contribution in [1.82, 2.24) is 9.78 Å². The van der Waals surface area contributed by atoms with Crippen molar-refractivity contribution in [2.75, 3.05) is 7.11 Å². The number of rotatable bonds is 4. The van der Waals surface area contributed by atoms with Crippen molar-refractivity contribution in [3.05, 3.63) is 70.4 Å². The Morgan fingerprint density at radius 2 is 1.88 bits per heavy atom. The van der Waals surface area contributed by atoms with E-state index in [2.05, 4.69) is 48.9 Å². The van der Waals surface area contributed by atoms with Gasteiger partial charge in [0.2, 0.25) is 0 Å². The van der Waals surface area contributed by atoms with Gasteiger partial charge in [-0.15, -0.1) is 0 Å². The van der Waals surface area contributed by atoms with Crippen LogP contribution in [-0.4, -0.2) is 22.9 Å². The Hall–Kier alpha value is -2.88. The van der Waals surface area contributed by atoms with E-state index in [1.807, 2.05) is 17.7 Å². The average Bonchev–Trinajstić information content (AvgIpc) is 2.91. The van der Waals surface area contributed by atoms with Crippen LogP contribution in [0, 0.1) is 20.8 Å². The lowest BCUT2D eigenvalue weighted by atomic mass is 10.0. The zero-order chi connectivity index (χ0) is 18.0. The molecule has 0 bridgehead atoms. The number of benzene rings is 2. The molecule has 128 valence electrons. The van der Waals surface area contributed by atoms with Gasteiger partial charge in [-0.1, -0.05) is 30.3 Å². The van der Waals surface area contributed by atoms with Crippen LogP contribution in [0.1, 0.15) is 27.9 Å². The summed E-state index contributed by atoms with van der Waals surface area (Å²) in [5.74, 6) is -0.361. The zero-order valence-electron chi connectivity index (χ0n) is 15.0. The second-order valence-electron chi connectivity index (χ2n) is 6.25. The molecule has 0 saturated carbocycles. The molecule has 0 aliphatic rings. The third-order valence-corrected chi connectivity index (χ3v) is 4.53. The summed E-state index contributed by atoms with van der Waals surface area (Å²) in [6.07, 6.45) is 3.19. The van der Waals surface area contributed by atoms with Gasteiger partial charge < -0.3 is 4.74 Å². The lowest BCUT2D eigenvalue weighted by Gasteiger charge is -2.11. The molecule has 0 atom stereocenters. The molecule has 25 heavy (non-hydrogen) atoms. The molecule has 0 radical (unpaired) electrons. The van der Waals surface area contributed by atoms with E-state index >= 15 is 0 Å². The van der Waals surface area contributed by atoms with Crippen molar-refractivity contribution in [2.45, 2.75) is 27.3 Å². The lowest BCUT2D eigenvalue weighted by molar-refractivity contribution is -0.134. The van der Waals surface area contributed by atoms with Crippen molar-refractivity contribution in [2.24, 2.45) is 0 Å². The molecule has 0 amide bonds. The molecule has 0 aliphatic carbocycles. The first-order valence-electron chi connectivity index (χ1n) is 8.28. The highest BCUT2D eigenvalue weighted by molar-refractivity contribution is 5.89. The number of esters is 1. The summed E-state index contributed by atoms with van der Waals surface area (Å²) in [7, 11) is 1.37. The van der Waals surface area contributed by atoms with Crippen LogP contribution >= 0.6 is 0 Å². The van der Waals surface area contributed by atoms with Crippen molar-refractivity contribution < 1.29 is 9.53 Å². The smallest absolute Gasteiger partial charge is 0.330 e. The molecular formula is C21H22N2O2. The Kier molecular flexibility index (Phi) is 4.70. The molecule has 0 aliphatic heterocycles. The number of hydrogen-bond donors (Lipinski definition) is 0. The summed E-state index contributed by atoms with van der Waals surface area (Å²) in [6.45, 7) is 7.01. The minimum absolute atomic E-state index is 0.361. The van der Waals surface area contributed by atoms with Crippen LogP contribution < -0.4 is 0 Å². The molecule has 4 nitrogen and oxygen atoms in total. The fourth-order valence-electron chi connectivity index (χ4n) is 3.06. The van der Waals surface area contributed by atoms with Crippen molar-refractivity contribution in [1.29, 1.82) is 0 Å². The van der Waals surface area contributed by atoms with Gasteiger partial charge in [-0.05, 0) is 55.2 Å². The van der Waals surface area contributed by atoms with Gasteiger partial charge in [-0.25, -0.2) is 4.79 Å². The number of ether oxygens (including phenoxy) is 1.